The molecule has 0 saturated carbocycles. The predicted octanol–water partition coefficient (Wildman–Crippen LogP) is 3.23. The first-order chi connectivity index (χ1) is 8.76. The number of rotatable bonds is 5. The van der Waals surface area contributed by atoms with Crippen LogP contribution >= 0.6 is 0 Å². The van der Waals surface area contributed by atoms with E-state index in [1.807, 2.05) is 12.4 Å². The standard InChI is InChI=1S/C15H21N3/c1-3-5-15-17-10-11-18(15)13-8-6-12(7-9-13)14(16)4-2/h6-11,14H,3-5,16H2,1-2H3/t14-/m1/s1. The Morgan fingerprint density at radius 1 is 1.22 bits per heavy atom. The summed E-state index contributed by atoms with van der Waals surface area (Å²) >= 11 is 0. The lowest BCUT2D eigenvalue weighted by Crippen LogP contribution is -2.08. The first kappa shape index (κ1) is 12.8. The highest BCUT2D eigenvalue weighted by molar-refractivity contribution is 5.36. The number of aryl methyl sites for hydroxylation is 1. The van der Waals surface area contributed by atoms with Crippen molar-refractivity contribution in [3.05, 3.63) is 48.0 Å². The second-order valence-corrected chi connectivity index (χ2v) is 4.57. The third-order valence-electron chi connectivity index (χ3n) is 3.23. The van der Waals surface area contributed by atoms with E-state index in [4.69, 9.17) is 5.73 Å². The molecule has 1 aromatic carbocycles. The van der Waals surface area contributed by atoms with Crippen LogP contribution in [0.5, 0.6) is 0 Å². The van der Waals surface area contributed by atoms with E-state index in [-0.39, 0.29) is 6.04 Å². The van der Waals surface area contributed by atoms with E-state index in [2.05, 4.69) is 47.7 Å². The van der Waals surface area contributed by atoms with Crippen LogP contribution in [0.3, 0.4) is 0 Å². The van der Waals surface area contributed by atoms with Crippen LogP contribution in [0.25, 0.3) is 5.69 Å². The molecule has 1 heterocycles. The van der Waals surface area contributed by atoms with Gasteiger partial charge in [0.05, 0.1) is 0 Å². The molecule has 0 spiro atoms. The van der Waals surface area contributed by atoms with Gasteiger partial charge in [-0.2, -0.15) is 0 Å². The molecule has 1 atom stereocenters. The average molecular weight is 243 g/mol. The molecule has 1 aromatic heterocycles. The van der Waals surface area contributed by atoms with E-state index in [1.165, 1.54) is 5.56 Å². The molecule has 18 heavy (non-hydrogen) atoms. The normalized spacial score (nSPS) is 12.6. The fourth-order valence-electron chi connectivity index (χ4n) is 2.10. The predicted molar refractivity (Wildman–Crippen MR) is 74.8 cm³/mol. The van der Waals surface area contributed by atoms with Gasteiger partial charge in [0.1, 0.15) is 5.82 Å². The van der Waals surface area contributed by atoms with E-state index in [1.54, 1.807) is 0 Å². The number of hydrogen-bond donors (Lipinski definition) is 1. The van der Waals surface area contributed by atoms with Crippen molar-refractivity contribution in [1.82, 2.24) is 9.55 Å². The van der Waals surface area contributed by atoms with Gasteiger partial charge >= 0.3 is 0 Å². The van der Waals surface area contributed by atoms with E-state index < -0.39 is 0 Å². The van der Waals surface area contributed by atoms with Gasteiger partial charge in [0.15, 0.2) is 0 Å². The first-order valence-corrected chi connectivity index (χ1v) is 6.64. The fraction of sp³-hybridized carbons (Fsp3) is 0.400. The van der Waals surface area contributed by atoms with Crippen molar-refractivity contribution in [2.24, 2.45) is 5.73 Å². The van der Waals surface area contributed by atoms with Gasteiger partial charge in [0.25, 0.3) is 0 Å². The summed E-state index contributed by atoms with van der Waals surface area (Å²) in [6.45, 7) is 4.27. The Balaban J connectivity index is 2.26. The number of imidazole rings is 1. The zero-order valence-corrected chi connectivity index (χ0v) is 11.1. The summed E-state index contributed by atoms with van der Waals surface area (Å²) < 4.78 is 2.14. The van der Waals surface area contributed by atoms with Crippen LogP contribution in [0.15, 0.2) is 36.7 Å². The maximum Gasteiger partial charge on any atom is 0.113 e. The van der Waals surface area contributed by atoms with Crippen LogP contribution in [-0.4, -0.2) is 9.55 Å². The zero-order valence-electron chi connectivity index (χ0n) is 11.1. The van der Waals surface area contributed by atoms with Gasteiger partial charge in [-0.1, -0.05) is 26.0 Å². The van der Waals surface area contributed by atoms with Crippen LogP contribution in [0, 0.1) is 0 Å². The Bertz CT molecular complexity index is 485. The molecule has 2 aromatic rings. The molecule has 0 unspecified atom stereocenters. The summed E-state index contributed by atoms with van der Waals surface area (Å²) in [5.74, 6) is 1.12. The number of nitrogens with two attached hydrogens (primary N) is 1. The fourth-order valence-corrected chi connectivity index (χ4v) is 2.10. The van der Waals surface area contributed by atoms with Gasteiger partial charge in [-0.25, -0.2) is 4.98 Å². The summed E-state index contributed by atoms with van der Waals surface area (Å²) in [4.78, 5) is 4.39. The van der Waals surface area contributed by atoms with Gasteiger partial charge in [-0.3, -0.25) is 0 Å². The first-order valence-electron chi connectivity index (χ1n) is 6.64. The van der Waals surface area contributed by atoms with Crippen LogP contribution in [0.4, 0.5) is 0 Å². The molecule has 2 N–H and O–H groups in total. The van der Waals surface area contributed by atoms with Crippen molar-refractivity contribution < 1.29 is 0 Å². The highest BCUT2D eigenvalue weighted by atomic mass is 15.1. The van der Waals surface area contributed by atoms with Crippen molar-refractivity contribution in [3.63, 3.8) is 0 Å². The molecule has 0 aliphatic rings. The maximum absolute atomic E-state index is 6.02. The molecular weight excluding hydrogens is 222 g/mol. The Morgan fingerprint density at radius 3 is 2.56 bits per heavy atom. The smallest absolute Gasteiger partial charge is 0.113 e. The maximum atomic E-state index is 6.02. The Labute approximate surface area is 109 Å². The minimum absolute atomic E-state index is 0.136. The molecule has 2 rings (SSSR count). The van der Waals surface area contributed by atoms with Crippen molar-refractivity contribution in [3.8, 4) is 5.69 Å². The second-order valence-electron chi connectivity index (χ2n) is 4.57. The minimum atomic E-state index is 0.136. The molecule has 3 heteroatoms. The van der Waals surface area contributed by atoms with Crippen LogP contribution < -0.4 is 5.73 Å². The summed E-state index contributed by atoms with van der Waals surface area (Å²) in [6, 6.07) is 8.59. The highest BCUT2D eigenvalue weighted by Gasteiger charge is 2.06. The lowest BCUT2D eigenvalue weighted by Gasteiger charge is -2.11. The molecule has 0 aliphatic carbocycles. The number of nitrogens with zero attached hydrogens (tertiary/aromatic N) is 2. The van der Waals surface area contributed by atoms with E-state index >= 15 is 0 Å². The minimum Gasteiger partial charge on any atom is -0.324 e. The topological polar surface area (TPSA) is 43.8 Å². The van der Waals surface area contributed by atoms with Gasteiger partial charge in [0.2, 0.25) is 0 Å². The van der Waals surface area contributed by atoms with Crippen molar-refractivity contribution in [2.75, 3.05) is 0 Å². The molecular formula is C15H21N3. The van der Waals surface area contributed by atoms with Gasteiger partial charge in [-0.15, -0.1) is 0 Å². The molecule has 0 amide bonds. The SMILES string of the molecule is CCCc1nccn1-c1ccc([C@H](N)CC)cc1. The molecule has 3 nitrogen and oxygen atoms in total. The summed E-state index contributed by atoms with van der Waals surface area (Å²) in [6.07, 6.45) is 6.95. The average Bonchev–Trinajstić information content (AvgIpc) is 2.87. The Kier molecular flexibility index (Phi) is 4.15. The monoisotopic (exact) mass is 243 g/mol. The summed E-state index contributed by atoms with van der Waals surface area (Å²) in [5.41, 5.74) is 8.37. The lowest BCUT2D eigenvalue weighted by atomic mass is 10.1. The molecule has 0 radical (unpaired) electrons. The van der Waals surface area contributed by atoms with Gasteiger partial charge in [-0.05, 0) is 30.5 Å². The molecule has 96 valence electrons. The Morgan fingerprint density at radius 2 is 1.94 bits per heavy atom. The molecule has 0 fully saturated rings. The molecule has 0 aliphatic heterocycles. The van der Waals surface area contributed by atoms with Crippen LogP contribution in [-0.2, 0) is 6.42 Å². The quantitative estimate of drug-likeness (QED) is 0.876. The van der Waals surface area contributed by atoms with E-state index in [0.717, 1.165) is 30.8 Å². The second kappa shape index (κ2) is 5.83. The summed E-state index contributed by atoms with van der Waals surface area (Å²) in [5, 5.41) is 0. The molecule has 0 saturated heterocycles. The van der Waals surface area contributed by atoms with Gasteiger partial charge < -0.3 is 10.3 Å². The van der Waals surface area contributed by atoms with Crippen LogP contribution in [0.2, 0.25) is 0 Å². The number of hydrogen-bond acceptors (Lipinski definition) is 2. The summed E-state index contributed by atoms with van der Waals surface area (Å²) in [7, 11) is 0. The number of aromatic nitrogens is 2. The van der Waals surface area contributed by atoms with E-state index in [9.17, 15) is 0 Å². The number of benzene rings is 1. The largest absolute Gasteiger partial charge is 0.324 e. The van der Waals surface area contributed by atoms with Crippen molar-refractivity contribution in [1.29, 1.82) is 0 Å². The molecule has 0 bridgehead atoms. The van der Waals surface area contributed by atoms with Crippen molar-refractivity contribution >= 4 is 0 Å². The van der Waals surface area contributed by atoms with Crippen molar-refractivity contribution in [2.45, 2.75) is 39.2 Å². The van der Waals surface area contributed by atoms with E-state index in [0.29, 0.717) is 0 Å². The third-order valence-corrected chi connectivity index (χ3v) is 3.23. The lowest BCUT2D eigenvalue weighted by molar-refractivity contribution is 0.698. The zero-order chi connectivity index (χ0) is 13.0. The third kappa shape index (κ3) is 2.62. The highest BCUT2D eigenvalue weighted by Crippen LogP contribution is 2.17. The Hall–Kier alpha value is -1.61. The van der Waals surface area contributed by atoms with Crippen LogP contribution in [0.1, 0.15) is 44.1 Å². The van der Waals surface area contributed by atoms with Gasteiger partial charge in [0, 0.05) is 30.5 Å².